The highest BCUT2D eigenvalue weighted by atomic mass is 35.5. The molecule has 12 heteroatoms. The van der Waals surface area contributed by atoms with Gasteiger partial charge in [-0.15, -0.1) is 0 Å². The molecule has 2 N–H and O–H groups in total. The number of amides is 4. The van der Waals surface area contributed by atoms with E-state index in [-0.39, 0.29) is 45.8 Å². The molecule has 4 aliphatic heterocycles. The van der Waals surface area contributed by atoms with Crippen LogP contribution in [0.2, 0.25) is 10.0 Å². The molecule has 0 radical (unpaired) electrons. The molecule has 4 aliphatic rings. The first kappa shape index (κ1) is 37.1. The third kappa shape index (κ3) is 9.52. The van der Waals surface area contributed by atoms with Crippen LogP contribution in [-0.4, -0.2) is 109 Å². The summed E-state index contributed by atoms with van der Waals surface area (Å²) in [6.07, 6.45) is 7.58. The molecule has 1 atom stereocenters. The largest absolute Gasteiger partial charge is 0.505 e. The Balaban J connectivity index is 0.000000195. The molecule has 6 rings (SSSR count). The number of carbonyl (C=O) groups excluding carboxylic acids is 3. The number of hydrogen-bond donors (Lipinski definition) is 2. The Morgan fingerprint density at radius 1 is 0.898 bits per heavy atom. The molecular formula is C37H51Cl2N5O5. The maximum Gasteiger partial charge on any atom is 0.409 e. The van der Waals surface area contributed by atoms with Crippen molar-refractivity contribution in [2.24, 2.45) is 17.8 Å². The highest BCUT2D eigenvalue weighted by Crippen LogP contribution is 2.35. The number of nitrogens with zero attached hydrogens (tertiary/aromatic N) is 4. The second kappa shape index (κ2) is 17.1. The van der Waals surface area contributed by atoms with Crippen molar-refractivity contribution >= 4 is 46.9 Å². The smallest absolute Gasteiger partial charge is 0.409 e. The number of anilines is 1. The lowest BCUT2D eigenvalue weighted by atomic mass is 9.78. The molecule has 2 aromatic rings. The van der Waals surface area contributed by atoms with Crippen LogP contribution in [0.25, 0.3) is 0 Å². The minimum atomic E-state index is -0.286. The Kier molecular flexibility index (Phi) is 13.0. The Hall–Kier alpha value is -3.21. The summed E-state index contributed by atoms with van der Waals surface area (Å²) < 4.78 is 4.75. The fourth-order valence-electron chi connectivity index (χ4n) is 7.81. The predicted octanol–water partition coefficient (Wildman–Crippen LogP) is 6.77. The molecular weight excluding hydrogens is 665 g/mol. The standard InChI is InChI=1S/C21H30Cl2N2O2.C16H21N3O3/c1-14(11-15-12-18(22)20(26)19(23)13-15)21(27)25-9-5-17(6-10-25)16-3-7-24(2)8-4-16;1-22-16(21)18-9-7-13(8-10-18)19-11-6-12-4-2-3-5-14(12)17-15(19)20/h12-14,16-17,26H,3-11H2,1-2H3;2-5,13H,6-11H2,1H3,(H,17,20)/t14-;/m1./s1. The van der Waals surface area contributed by atoms with Crippen LogP contribution >= 0.6 is 23.2 Å². The number of benzene rings is 2. The quantitative estimate of drug-likeness (QED) is 0.354. The molecule has 10 nitrogen and oxygen atoms in total. The third-order valence-corrected chi connectivity index (χ3v) is 11.4. The molecule has 0 bridgehead atoms. The zero-order valence-corrected chi connectivity index (χ0v) is 30.5. The molecule has 4 heterocycles. The van der Waals surface area contributed by atoms with Gasteiger partial charge in [-0.2, -0.15) is 0 Å². The minimum absolute atomic E-state index is 0.0403. The molecule has 0 aromatic heterocycles. The van der Waals surface area contributed by atoms with Gasteiger partial charge in [0.2, 0.25) is 5.91 Å². The number of phenolic OH excluding ortho intramolecular Hbond substituents is 1. The molecule has 4 amide bonds. The van der Waals surface area contributed by atoms with Crippen LogP contribution in [-0.2, 0) is 22.4 Å². The molecule has 0 aliphatic carbocycles. The summed E-state index contributed by atoms with van der Waals surface area (Å²) >= 11 is 12.0. The minimum Gasteiger partial charge on any atom is -0.505 e. The van der Waals surface area contributed by atoms with Crippen molar-refractivity contribution in [1.29, 1.82) is 0 Å². The van der Waals surface area contributed by atoms with Crippen molar-refractivity contribution in [1.82, 2.24) is 19.6 Å². The summed E-state index contributed by atoms with van der Waals surface area (Å²) in [6, 6.07) is 11.4. The van der Waals surface area contributed by atoms with Crippen molar-refractivity contribution in [2.45, 2.75) is 64.3 Å². The number of para-hydroxylation sites is 1. The number of phenols is 1. The monoisotopic (exact) mass is 715 g/mol. The number of fused-ring (bicyclic) bond motifs is 1. The Morgan fingerprint density at radius 3 is 2.08 bits per heavy atom. The number of hydrogen-bond acceptors (Lipinski definition) is 6. The van der Waals surface area contributed by atoms with E-state index in [1.165, 1.54) is 38.6 Å². The van der Waals surface area contributed by atoms with E-state index in [1.807, 2.05) is 34.9 Å². The summed E-state index contributed by atoms with van der Waals surface area (Å²) in [4.78, 5) is 44.9. The van der Waals surface area contributed by atoms with E-state index in [9.17, 15) is 19.5 Å². The highest BCUT2D eigenvalue weighted by Gasteiger charge is 2.33. The lowest BCUT2D eigenvalue weighted by Crippen LogP contribution is -2.50. The molecule has 3 fully saturated rings. The summed E-state index contributed by atoms with van der Waals surface area (Å²) in [5, 5.41) is 13.1. The topological polar surface area (TPSA) is 106 Å². The van der Waals surface area contributed by atoms with Crippen LogP contribution in [0, 0.1) is 17.8 Å². The number of rotatable bonds is 5. The second-order valence-corrected chi connectivity index (χ2v) is 14.9. The van der Waals surface area contributed by atoms with Gasteiger partial charge < -0.3 is 34.8 Å². The van der Waals surface area contributed by atoms with Crippen molar-refractivity contribution in [3.05, 3.63) is 57.6 Å². The molecule has 0 spiro atoms. The fourth-order valence-corrected chi connectivity index (χ4v) is 8.34. The van der Waals surface area contributed by atoms with E-state index in [1.54, 1.807) is 17.0 Å². The number of carbonyl (C=O) groups is 3. The van der Waals surface area contributed by atoms with Gasteiger partial charge in [0.15, 0.2) is 5.75 Å². The lowest BCUT2D eigenvalue weighted by molar-refractivity contribution is -0.136. The number of likely N-dealkylation sites (tertiary alicyclic amines) is 3. The number of piperidine rings is 3. The average molecular weight is 717 g/mol. The van der Waals surface area contributed by atoms with E-state index in [0.29, 0.717) is 26.1 Å². The summed E-state index contributed by atoms with van der Waals surface area (Å²) in [5.74, 6) is 1.58. The van der Waals surface area contributed by atoms with E-state index in [2.05, 4.69) is 23.3 Å². The van der Waals surface area contributed by atoms with Crippen LogP contribution in [0.3, 0.4) is 0 Å². The fraction of sp³-hybridized carbons (Fsp3) is 0.595. The van der Waals surface area contributed by atoms with Crippen molar-refractivity contribution < 1.29 is 24.2 Å². The zero-order valence-electron chi connectivity index (χ0n) is 29.0. The first-order valence-corrected chi connectivity index (χ1v) is 18.4. The predicted molar refractivity (Wildman–Crippen MR) is 193 cm³/mol. The molecule has 0 saturated carbocycles. The van der Waals surface area contributed by atoms with Gasteiger partial charge in [-0.1, -0.05) is 48.3 Å². The van der Waals surface area contributed by atoms with Gasteiger partial charge in [0, 0.05) is 50.4 Å². The van der Waals surface area contributed by atoms with Crippen LogP contribution in [0.5, 0.6) is 5.75 Å². The van der Waals surface area contributed by atoms with E-state index >= 15 is 0 Å². The number of nitrogens with one attached hydrogen (secondary N) is 1. The van der Waals surface area contributed by atoms with Crippen molar-refractivity contribution in [2.75, 3.05) is 65.3 Å². The maximum atomic E-state index is 12.9. The van der Waals surface area contributed by atoms with Gasteiger partial charge in [-0.25, -0.2) is 9.59 Å². The number of aromatic hydroxyl groups is 1. The highest BCUT2D eigenvalue weighted by molar-refractivity contribution is 6.37. The summed E-state index contributed by atoms with van der Waals surface area (Å²) in [5.41, 5.74) is 2.96. The first-order chi connectivity index (χ1) is 23.5. The van der Waals surface area contributed by atoms with Crippen LogP contribution < -0.4 is 5.32 Å². The third-order valence-electron chi connectivity index (χ3n) is 10.8. The SMILES string of the molecule is COC(=O)N1CCC(N2CCc3ccccc3NC2=O)CC1.C[C@H](Cc1cc(Cl)c(O)c(Cl)c1)C(=O)N1CCC(C2CCN(C)CC2)CC1. The zero-order chi connectivity index (χ0) is 35.1. The molecule has 49 heavy (non-hydrogen) atoms. The molecule has 0 unspecified atom stereocenters. The van der Waals surface area contributed by atoms with Crippen LogP contribution in [0.15, 0.2) is 36.4 Å². The van der Waals surface area contributed by atoms with E-state index in [0.717, 1.165) is 68.3 Å². The Bertz CT molecular complexity index is 1430. The molecule has 3 saturated heterocycles. The van der Waals surface area contributed by atoms with Gasteiger partial charge in [0.1, 0.15) is 0 Å². The Morgan fingerprint density at radius 2 is 1.47 bits per heavy atom. The number of halogens is 2. The van der Waals surface area contributed by atoms with Gasteiger partial charge in [-0.3, -0.25) is 4.79 Å². The van der Waals surface area contributed by atoms with Gasteiger partial charge >= 0.3 is 12.1 Å². The van der Waals surface area contributed by atoms with Gasteiger partial charge in [0.25, 0.3) is 0 Å². The van der Waals surface area contributed by atoms with Gasteiger partial charge in [-0.05, 0) is 113 Å². The number of methoxy groups -OCH3 is 1. The van der Waals surface area contributed by atoms with Crippen LogP contribution in [0.1, 0.15) is 56.6 Å². The molecule has 2 aromatic carbocycles. The van der Waals surface area contributed by atoms with Crippen molar-refractivity contribution in [3.63, 3.8) is 0 Å². The lowest BCUT2D eigenvalue weighted by Gasteiger charge is -2.40. The second-order valence-electron chi connectivity index (χ2n) is 14.0. The summed E-state index contributed by atoms with van der Waals surface area (Å²) in [7, 11) is 3.60. The van der Waals surface area contributed by atoms with E-state index in [4.69, 9.17) is 27.9 Å². The Labute approximate surface area is 300 Å². The number of ether oxygens (including phenoxy) is 1. The normalized spacial score (nSPS) is 20.4. The summed E-state index contributed by atoms with van der Waals surface area (Å²) in [6.45, 7) is 8.10. The van der Waals surface area contributed by atoms with Gasteiger partial charge in [0.05, 0.1) is 17.2 Å². The van der Waals surface area contributed by atoms with E-state index < -0.39 is 0 Å². The average Bonchev–Trinajstić information content (AvgIpc) is 3.28. The van der Waals surface area contributed by atoms with Crippen LogP contribution in [0.4, 0.5) is 15.3 Å². The maximum absolute atomic E-state index is 12.9. The molecule has 268 valence electrons. The first-order valence-electron chi connectivity index (χ1n) is 17.7. The van der Waals surface area contributed by atoms with Crippen molar-refractivity contribution in [3.8, 4) is 5.75 Å². The number of urea groups is 1.